The second kappa shape index (κ2) is 11.1. The lowest BCUT2D eigenvalue weighted by Gasteiger charge is -2.24. The molecule has 3 nitrogen and oxygen atoms in total. The third-order valence-electron chi connectivity index (χ3n) is 6.10. The van der Waals surface area contributed by atoms with Crippen molar-refractivity contribution >= 4 is 16.8 Å². The molecule has 0 saturated carbocycles. The van der Waals surface area contributed by atoms with Gasteiger partial charge >= 0.3 is 0 Å². The van der Waals surface area contributed by atoms with Gasteiger partial charge in [-0.3, -0.25) is 4.79 Å². The first-order valence-corrected chi connectivity index (χ1v) is 11.8. The molecule has 31 heavy (non-hydrogen) atoms. The summed E-state index contributed by atoms with van der Waals surface area (Å²) in [5, 5.41) is 0.941. The average molecular weight is 417 g/mol. The summed E-state index contributed by atoms with van der Waals surface area (Å²) in [4.78, 5) is 20.7. The first-order chi connectivity index (χ1) is 15.0. The normalized spacial score (nSPS) is 11.1. The minimum absolute atomic E-state index is 0.135. The maximum absolute atomic E-state index is 13.7. The van der Waals surface area contributed by atoms with Crippen LogP contribution in [0.25, 0.3) is 22.2 Å². The molecule has 0 radical (unpaired) electrons. The van der Waals surface area contributed by atoms with E-state index < -0.39 is 0 Å². The Morgan fingerprint density at radius 1 is 0.839 bits per heavy atom. The van der Waals surface area contributed by atoms with Crippen LogP contribution in [0.5, 0.6) is 0 Å². The summed E-state index contributed by atoms with van der Waals surface area (Å²) in [6, 6.07) is 16.4. The maximum Gasteiger partial charge on any atom is 0.254 e. The number of hydrogen-bond donors (Lipinski definition) is 0. The minimum atomic E-state index is 0.135. The fraction of sp³-hybridized carbons (Fsp3) is 0.429. The highest BCUT2D eigenvalue weighted by Gasteiger charge is 2.20. The molecule has 0 atom stereocenters. The molecular formula is C28H36N2O. The predicted molar refractivity (Wildman–Crippen MR) is 132 cm³/mol. The van der Waals surface area contributed by atoms with Gasteiger partial charge in [-0.1, -0.05) is 69.9 Å². The third-order valence-corrected chi connectivity index (χ3v) is 6.10. The van der Waals surface area contributed by atoms with Gasteiger partial charge in [0.25, 0.3) is 5.91 Å². The number of nitrogens with zero attached hydrogens (tertiary/aromatic N) is 2. The first-order valence-electron chi connectivity index (χ1n) is 11.8. The summed E-state index contributed by atoms with van der Waals surface area (Å²) in [6.07, 6.45) is 6.74. The number of hydrogen-bond acceptors (Lipinski definition) is 2. The van der Waals surface area contributed by atoms with Crippen LogP contribution >= 0.6 is 0 Å². The topological polar surface area (TPSA) is 33.2 Å². The molecule has 0 saturated heterocycles. The Kier molecular flexibility index (Phi) is 8.22. The molecule has 164 valence electrons. The van der Waals surface area contributed by atoms with Crippen LogP contribution in [0.1, 0.15) is 73.9 Å². The summed E-state index contributed by atoms with van der Waals surface area (Å²) in [6.45, 7) is 10.3. The second-order valence-corrected chi connectivity index (χ2v) is 8.58. The SMILES string of the molecule is CCCCCN(CCCCC)C(=O)c1cc(-c2ccc(C)c(C)c2)nc2ccccc12. The number of unbranched alkanes of at least 4 members (excludes halogenated alkanes) is 4. The molecule has 0 aliphatic heterocycles. The van der Waals surface area contributed by atoms with Gasteiger partial charge in [-0.25, -0.2) is 4.98 Å². The van der Waals surface area contributed by atoms with E-state index in [4.69, 9.17) is 4.98 Å². The van der Waals surface area contributed by atoms with Gasteiger partial charge in [0.15, 0.2) is 0 Å². The van der Waals surface area contributed by atoms with Crippen LogP contribution in [0.3, 0.4) is 0 Å². The van der Waals surface area contributed by atoms with Crippen LogP contribution in [0, 0.1) is 13.8 Å². The van der Waals surface area contributed by atoms with Gasteiger partial charge in [0.2, 0.25) is 0 Å². The first kappa shape index (κ1) is 23.0. The number of aryl methyl sites for hydroxylation is 2. The van der Waals surface area contributed by atoms with Gasteiger partial charge in [-0.2, -0.15) is 0 Å². The highest BCUT2D eigenvalue weighted by molar-refractivity contribution is 6.07. The highest BCUT2D eigenvalue weighted by atomic mass is 16.2. The Bertz CT molecular complexity index is 1010. The van der Waals surface area contributed by atoms with Crippen molar-refractivity contribution in [1.82, 2.24) is 9.88 Å². The molecule has 0 aliphatic carbocycles. The molecular weight excluding hydrogens is 380 g/mol. The number of benzene rings is 2. The van der Waals surface area contributed by atoms with E-state index in [1.807, 2.05) is 30.3 Å². The molecule has 3 rings (SSSR count). The van der Waals surface area contributed by atoms with Gasteiger partial charge in [0.05, 0.1) is 16.8 Å². The maximum atomic E-state index is 13.7. The Morgan fingerprint density at radius 3 is 2.16 bits per heavy atom. The van der Waals surface area contributed by atoms with Crippen LogP contribution in [0.4, 0.5) is 0 Å². The predicted octanol–water partition coefficient (Wildman–Crippen LogP) is 7.34. The van der Waals surface area contributed by atoms with E-state index >= 15 is 0 Å². The average Bonchev–Trinajstić information content (AvgIpc) is 2.79. The smallest absolute Gasteiger partial charge is 0.254 e. The van der Waals surface area contributed by atoms with E-state index in [1.54, 1.807) is 0 Å². The van der Waals surface area contributed by atoms with E-state index in [0.717, 1.165) is 79.3 Å². The lowest BCUT2D eigenvalue weighted by atomic mass is 10.00. The van der Waals surface area contributed by atoms with Crippen molar-refractivity contribution in [2.75, 3.05) is 13.1 Å². The molecule has 1 amide bonds. The number of carbonyl (C=O) groups is 1. The van der Waals surface area contributed by atoms with Crippen molar-refractivity contribution in [2.45, 2.75) is 66.2 Å². The molecule has 3 aromatic rings. The molecule has 0 unspecified atom stereocenters. The van der Waals surface area contributed by atoms with E-state index in [9.17, 15) is 4.79 Å². The van der Waals surface area contributed by atoms with Crippen molar-refractivity contribution in [3.63, 3.8) is 0 Å². The highest BCUT2D eigenvalue weighted by Crippen LogP contribution is 2.27. The zero-order valence-electron chi connectivity index (χ0n) is 19.6. The monoisotopic (exact) mass is 416 g/mol. The molecule has 1 aromatic heterocycles. The Hall–Kier alpha value is -2.68. The number of amides is 1. The molecule has 0 aliphatic rings. The van der Waals surface area contributed by atoms with Crippen LogP contribution < -0.4 is 0 Å². The van der Waals surface area contributed by atoms with Crippen LogP contribution in [-0.2, 0) is 0 Å². The van der Waals surface area contributed by atoms with Crippen LogP contribution in [0.2, 0.25) is 0 Å². The summed E-state index contributed by atoms with van der Waals surface area (Å²) in [7, 11) is 0. The number of para-hydroxylation sites is 1. The molecule has 1 heterocycles. The summed E-state index contributed by atoms with van der Waals surface area (Å²) < 4.78 is 0. The number of carbonyl (C=O) groups excluding carboxylic acids is 1. The minimum Gasteiger partial charge on any atom is -0.339 e. The second-order valence-electron chi connectivity index (χ2n) is 8.58. The number of fused-ring (bicyclic) bond motifs is 1. The van der Waals surface area contributed by atoms with Gasteiger partial charge in [0, 0.05) is 24.0 Å². The Labute approximate surface area is 187 Å². The van der Waals surface area contributed by atoms with Crippen molar-refractivity contribution in [1.29, 1.82) is 0 Å². The molecule has 2 aromatic carbocycles. The van der Waals surface area contributed by atoms with Gasteiger partial charge in [0.1, 0.15) is 0 Å². The van der Waals surface area contributed by atoms with Crippen molar-refractivity contribution in [3.05, 3.63) is 65.2 Å². The fourth-order valence-electron chi connectivity index (χ4n) is 3.99. The van der Waals surface area contributed by atoms with Crippen LogP contribution in [-0.4, -0.2) is 28.9 Å². The molecule has 0 fully saturated rings. The summed E-state index contributed by atoms with van der Waals surface area (Å²) >= 11 is 0. The zero-order valence-corrected chi connectivity index (χ0v) is 19.6. The van der Waals surface area contributed by atoms with Gasteiger partial charge in [-0.05, 0) is 56.0 Å². The van der Waals surface area contributed by atoms with E-state index in [-0.39, 0.29) is 5.91 Å². The van der Waals surface area contributed by atoms with Crippen molar-refractivity contribution in [2.24, 2.45) is 0 Å². The lowest BCUT2D eigenvalue weighted by Crippen LogP contribution is -2.33. The molecule has 0 bridgehead atoms. The quantitative estimate of drug-likeness (QED) is 0.324. The Morgan fingerprint density at radius 2 is 1.52 bits per heavy atom. The van der Waals surface area contributed by atoms with E-state index in [2.05, 4.69) is 50.8 Å². The van der Waals surface area contributed by atoms with E-state index in [1.165, 1.54) is 11.1 Å². The van der Waals surface area contributed by atoms with Crippen LogP contribution in [0.15, 0.2) is 48.5 Å². The number of aromatic nitrogens is 1. The number of rotatable bonds is 10. The van der Waals surface area contributed by atoms with E-state index in [0.29, 0.717) is 0 Å². The largest absolute Gasteiger partial charge is 0.339 e. The van der Waals surface area contributed by atoms with Crippen molar-refractivity contribution in [3.8, 4) is 11.3 Å². The third kappa shape index (κ3) is 5.72. The standard InChI is InChI=1S/C28H36N2O/c1-5-7-11-17-30(18-12-8-6-2)28(31)25-20-27(23-16-15-21(3)22(4)19-23)29-26-14-10-9-13-24(25)26/h9-10,13-16,19-20H,5-8,11-12,17-18H2,1-4H3. The molecule has 3 heteroatoms. The number of pyridine rings is 1. The lowest BCUT2D eigenvalue weighted by molar-refractivity contribution is 0.0751. The van der Waals surface area contributed by atoms with Gasteiger partial charge < -0.3 is 4.90 Å². The van der Waals surface area contributed by atoms with Crippen molar-refractivity contribution < 1.29 is 4.79 Å². The summed E-state index contributed by atoms with van der Waals surface area (Å²) in [5.41, 5.74) is 6.08. The Balaban J connectivity index is 2.02. The fourth-order valence-corrected chi connectivity index (χ4v) is 3.99. The molecule has 0 spiro atoms. The molecule has 0 N–H and O–H groups in total. The van der Waals surface area contributed by atoms with Gasteiger partial charge in [-0.15, -0.1) is 0 Å². The summed E-state index contributed by atoms with van der Waals surface area (Å²) in [5.74, 6) is 0.135. The zero-order chi connectivity index (χ0) is 22.2.